The molecule has 24 heavy (non-hydrogen) atoms. The van der Waals surface area contributed by atoms with Crippen molar-refractivity contribution in [2.75, 3.05) is 16.8 Å². The fraction of sp³-hybridized carbons (Fsp3) is 0.222. The molecule has 0 aliphatic carbocycles. The van der Waals surface area contributed by atoms with E-state index in [1.807, 2.05) is 24.3 Å². The molecule has 1 fully saturated rings. The number of amides is 2. The van der Waals surface area contributed by atoms with Gasteiger partial charge in [-0.1, -0.05) is 23.7 Å². The fourth-order valence-corrected chi connectivity index (χ4v) is 2.83. The van der Waals surface area contributed by atoms with Gasteiger partial charge in [-0.25, -0.2) is 4.90 Å². The molecule has 0 bridgehead atoms. The third-order valence-electron chi connectivity index (χ3n) is 3.93. The topological polar surface area (TPSA) is 69.6 Å². The molecule has 1 heterocycles. The average Bonchev–Trinajstić information content (AvgIpc) is 2.85. The molecule has 0 aromatic heterocycles. The minimum absolute atomic E-state index is 0.0957. The summed E-state index contributed by atoms with van der Waals surface area (Å²) in [5.41, 5.74) is 2.30. The van der Waals surface area contributed by atoms with E-state index in [0.29, 0.717) is 17.1 Å². The Morgan fingerprint density at radius 3 is 2.38 bits per heavy atom. The lowest BCUT2D eigenvalue weighted by Crippen LogP contribution is -2.34. The maximum absolute atomic E-state index is 12.6. The molecule has 2 N–H and O–H groups in total. The summed E-state index contributed by atoms with van der Waals surface area (Å²) in [5.74, 6) is -0.515. The molecule has 0 spiro atoms. The van der Waals surface area contributed by atoms with Crippen LogP contribution in [0.4, 0.5) is 11.4 Å². The van der Waals surface area contributed by atoms with Crippen molar-refractivity contribution in [1.82, 2.24) is 0 Å². The largest absolute Gasteiger partial charge is 0.396 e. The Bertz CT molecular complexity index is 744. The molecule has 0 saturated carbocycles. The first-order valence-electron chi connectivity index (χ1n) is 7.67. The lowest BCUT2D eigenvalue weighted by Gasteiger charge is -2.16. The van der Waals surface area contributed by atoms with Gasteiger partial charge in [0.2, 0.25) is 5.91 Å². The summed E-state index contributed by atoms with van der Waals surface area (Å²) in [6.45, 7) is 0.0957. The molecule has 5 nitrogen and oxygen atoms in total. The lowest BCUT2D eigenvalue weighted by atomic mass is 10.1. The highest BCUT2D eigenvalue weighted by atomic mass is 35.5. The Balaban J connectivity index is 1.72. The Morgan fingerprint density at radius 2 is 1.75 bits per heavy atom. The standard InChI is InChI=1S/C18H17ClN2O3/c19-13-3-7-15(8-4-13)21-17(23)11-16(18(21)24)20-14-5-1-12(2-6-14)9-10-22/h1-8,16,20,22H,9-11H2/t16-/m0/s1. The Morgan fingerprint density at radius 1 is 1.08 bits per heavy atom. The van der Waals surface area contributed by atoms with Gasteiger partial charge in [-0.05, 0) is 48.4 Å². The van der Waals surface area contributed by atoms with Crippen LogP contribution in [0.3, 0.4) is 0 Å². The number of nitrogens with zero attached hydrogens (tertiary/aromatic N) is 1. The molecule has 0 unspecified atom stereocenters. The van der Waals surface area contributed by atoms with Crippen LogP contribution in [-0.2, 0) is 16.0 Å². The second kappa shape index (κ2) is 7.03. The van der Waals surface area contributed by atoms with Crippen molar-refractivity contribution in [3.8, 4) is 0 Å². The summed E-state index contributed by atoms with van der Waals surface area (Å²) in [7, 11) is 0. The highest BCUT2D eigenvalue weighted by Gasteiger charge is 2.39. The van der Waals surface area contributed by atoms with Gasteiger partial charge >= 0.3 is 0 Å². The van der Waals surface area contributed by atoms with Gasteiger partial charge in [-0.2, -0.15) is 0 Å². The third kappa shape index (κ3) is 3.42. The van der Waals surface area contributed by atoms with Gasteiger partial charge in [0.15, 0.2) is 0 Å². The van der Waals surface area contributed by atoms with Gasteiger partial charge in [0.05, 0.1) is 12.1 Å². The highest BCUT2D eigenvalue weighted by molar-refractivity contribution is 6.30. The predicted octanol–water partition coefficient (Wildman–Crippen LogP) is 2.62. The zero-order valence-corrected chi connectivity index (χ0v) is 13.7. The van der Waals surface area contributed by atoms with Crippen LogP contribution >= 0.6 is 11.6 Å². The van der Waals surface area contributed by atoms with Crippen LogP contribution in [0.1, 0.15) is 12.0 Å². The van der Waals surface area contributed by atoms with E-state index in [1.165, 1.54) is 4.90 Å². The molecule has 2 aromatic rings. The van der Waals surface area contributed by atoms with E-state index in [4.69, 9.17) is 16.7 Å². The zero-order chi connectivity index (χ0) is 17.1. The van der Waals surface area contributed by atoms with Crippen LogP contribution in [0.15, 0.2) is 48.5 Å². The average molecular weight is 345 g/mol. The van der Waals surface area contributed by atoms with Crippen molar-refractivity contribution in [3.05, 3.63) is 59.1 Å². The van der Waals surface area contributed by atoms with Crippen molar-refractivity contribution in [2.24, 2.45) is 0 Å². The monoisotopic (exact) mass is 344 g/mol. The van der Waals surface area contributed by atoms with Gasteiger partial charge in [-0.15, -0.1) is 0 Å². The molecule has 0 radical (unpaired) electrons. The van der Waals surface area contributed by atoms with Gasteiger partial charge < -0.3 is 10.4 Å². The summed E-state index contributed by atoms with van der Waals surface area (Å²) < 4.78 is 0. The van der Waals surface area contributed by atoms with Crippen molar-refractivity contribution in [1.29, 1.82) is 0 Å². The number of anilines is 2. The predicted molar refractivity (Wildman–Crippen MR) is 93.2 cm³/mol. The van der Waals surface area contributed by atoms with Gasteiger partial charge in [0.25, 0.3) is 5.91 Å². The smallest absolute Gasteiger partial charge is 0.256 e. The summed E-state index contributed by atoms with van der Waals surface area (Å²) in [6.07, 6.45) is 0.700. The number of nitrogens with one attached hydrogen (secondary N) is 1. The van der Waals surface area contributed by atoms with Crippen molar-refractivity contribution in [2.45, 2.75) is 18.9 Å². The van der Waals surface area contributed by atoms with Crippen molar-refractivity contribution < 1.29 is 14.7 Å². The van der Waals surface area contributed by atoms with E-state index in [0.717, 1.165) is 11.3 Å². The first-order chi connectivity index (χ1) is 11.6. The van der Waals surface area contributed by atoms with E-state index < -0.39 is 6.04 Å². The summed E-state index contributed by atoms with van der Waals surface area (Å²) in [5, 5.41) is 12.6. The van der Waals surface area contributed by atoms with Crippen LogP contribution < -0.4 is 10.2 Å². The van der Waals surface area contributed by atoms with Gasteiger partial charge in [-0.3, -0.25) is 9.59 Å². The molecule has 124 valence electrons. The first-order valence-corrected chi connectivity index (χ1v) is 8.05. The number of hydrogen-bond acceptors (Lipinski definition) is 4. The molecule has 1 aliphatic heterocycles. The SMILES string of the molecule is O=C1C[C@H](Nc2ccc(CCO)cc2)C(=O)N1c1ccc(Cl)cc1. The van der Waals surface area contributed by atoms with Gasteiger partial charge in [0, 0.05) is 17.3 Å². The van der Waals surface area contributed by atoms with Crippen LogP contribution in [0.5, 0.6) is 0 Å². The van der Waals surface area contributed by atoms with E-state index in [9.17, 15) is 9.59 Å². The molecule has 2 amide bonds. The molecule has 3 rings (SSSR count). The summed E-state index contributed by atoms with van der Waals surface area (Å²) in [4.78, 5) is 26.0. The minimum atomic E-state index is -0.586. The maximum Gasteiger partial charge on any atom is 0.256 e. The highest BCUT2D eigenvalue weighted by Crippen LogP contribution is 2.26. The van der Waals surface area contributed by atoms with Crippen molar-refractivity contribution >= 4 is 34.8 Å². The number of aliphatic hydroxyl groups is 1. The fourth-order valence-electron chi connectivity index (χ4n) is 2.70. The number of aliphatic hydroxyl groups excluding tert-OH is 1. The zero-order valence-electron chi connectivity index (χ0n) is 12.9. The van der Waals surface area contributed by atoms with E-state index in [2.05, 4.69) is 5.32 Å². The van der Waals surface area contributed by atoms with Gasteiger partial charge in [0.1, 0.15) is 6.04 Å². The van der Waals surface area contributed by atoms with Crippen molar-refractivity contribution in [3.63, 3.8) is 0 Å². The first kappa shape index (κ1) is 16.5. The number of carbonyl (C=O) groups excluding carboxylic acids is 2. The number of imide groups is 1. The Labute approximate surface area is 144 Å². The second-order valence-electron chi connectivity index (χ2n) is 5.62. The van der Waals surface area contributed by atoms with E-state index in [-0.39, 0.29) is 24.8 Å². The normalized spacial score (nSPS) is 17.4. The quantitative estimate of drug-likeness (QED) is 0.818. The van der Waals surface area contributed by atoms with Crippen LogP contribution in [0.25, 0.3) is 0 Å². The maximum atomic E-state index is 12.6. The number of benzene rings is 2. The molecule has 1 atom stereocenters. The number of rotatable bonds is 5. The third-order valence-corrected chi connectivity index (χ3v) is 4.18. The molecule has 1 saturated heterocycles. The minimum Gasteiger partial charge on any atom is -0.396 e. The van der Waals surface area contributed by atoms with E-state index in [1.54, 1.807) is 24.3 Å². The van der Waals surface area contributed by atoms with Crippen LogP contribution in [0.2, 0.25) is 5.02 Å². The molecule has 1 aliphatic rings. The van der Waals surface area contributed by atoms with Crippen LogP contribution in [0, 0.1) is 0 Å². The van der Waals surface area contributed by atoms with E-state index >= 15 is 0 Å². The molecule has 2 aromatic carbocycles. The number of halogens is 1. The molecular weight excluding hydrogens is 328 g/mol. The Hall–Kier alpha value is -2.37. The lowest BCUT2D eigenvalue weighted by molar-refractivity contribution is -0.121. The summed E-state index contributed by atoms with van der Waals surface area (Å²) in [6, 6.07) is 13.5. The molecule has 6 heteroatoms. The molecular formula is C18H17ClN2O3. The second-order valence-corrected chi connectivity index (χ2v) is 6.05. The number of carbonyl (C=O) groups is 2. The number of hydrogen-bond donors (Lipinski definition) is 2. The Kier molecular flexibility index (Phi) is 4.83. The van der Waals surface area contributed by atoms with Crippen LogP contribution in [-0.4, -0.2) is 29.6 Å². The summed E-state index contributed by atoms with van der Waals surface area (Å²) >= 11 is 5.85.